The molecule has 3 rings (SSSR count). The lowest BCUT2D eigenvalue weighted by Crippen LogP contribution is -2.44. The van der Waals surface area contributed by atoms with Crippen molar-refractivity contribution in [2.75, 3.05) is 6.54 Å². The Kier molecular flexibility index (Phi) is 8.15. The van der Waals surface area contributed by atoms with Crippen molar-refractivity contribution in [1.29, 1.82) is 0 Å². The maximum atomic E-state index is 13.3. The van der Waals surface area contributed by atoms with Crippen molar-refractivity contribution < 1.29 is 22.8 Å². The third-order valence-corrected chi connectivity index (χ3v) is 7.02. The second-order valence-corrected chi connectivity index (χ2v) is 10.5. The molecule has 0 spiro atoms. The van der Waals surface area contributed by atoms with E-state index >= 15 is 0 Å². The average molecular weight is 475 g/mol. The highest BCUT2D eigenvalue weighted by molar-refractivity contribution is 7.89. The first-order valence-corrected chi connectivity index (χ1v) is 12.6. The number of benzene rings is 1. The van der Waals surface area contributed by atoms with Gasteiger partial charge >= 0.3 is 0 Å². The number of hydrogen-bond donors (Lipinski definition) is 3. The Morgan fingerprint density at radius 3 is 2.64 bits per heavy atom. The van der Waals surface area contributed by atoms with Gasteiger partial charge in [0, 0.05) is 24.6 Å². The van der Waals surface area contributed by atoms with Gasteiger partial charge < -0.3 is 5.32 Å². The number of nitrogens with one attached hydrogen (secondary N) is 3. The van der Waals surface area contributed by atoms with Crippen molar-refractivity contribution in [1.82, 2.24) is 20.2 Å². The van der Waals surface area contributed by atoms with E-state index in [1.165, 1.54) is 12.1 Å². The average Bonchev–Trinajstić information content (AvgIpc) is 3.21. The zero-order chi connectivity index (χ0) is 24.0. The summed E-state index contributed by atoms with van der Waals surface area (Å²) in [4.78, 5) is 38.5. The molecular formula is C23H30N4O5S. The molecule has 1 aromatic heterocycles. The van der Waals surface area contributed by atoms with E-state index in [0.717, 1.165) is 5.69 Å². The van der Waals surface area contributed by atoms with Crippen molar-refractivity contribution in [2.45, 2.75) is 56.9 Å². The molecule has 33 heavy (non-hydrogen) atoms. The van der Waals surface area contributed by atoms with Crippen LogP contribution in [-0.4, -0.2) is 48.7 Å². The molecule has 0 saturated carbocycles. The summed E-state index contributed by atoms with van der Waals surface area (Å²) in [7, 11) is -3.93. The highest BCUT2D eigenvalue weighted by Gasteiger charge is 2.33. The summed E-state index contributed by atoms with van der Waals surface area (Å²) in [5.74, 6) is -2.73. The number of sulfonamides is 1. The molecule has 2 aromatic rings. The number of aromatic nitrogens is 2. The molecule has 0 fully saturated rings. The summed E-state index contributed by atoms with van der Waals surface area (Å²) in [6.45, 7) is 4.10. The van der Waals surface area contributed by atoms with E-state index in [1.807, 2.05) is 19.9 Å². The van der Waals surface area contributed by atoms with Crippen LogP contribution in [0.4, 0.5) is 0 Å². The maximum Gasteiger partial charge on any atom is 0.287 e. The van der Waals surface area contributed by atoms with Crippen LogP contribution in [0.3, 0.4) is 0 Å². The molecule has 0 aliphatic carbocycles. The molecule has 2 unspecified atom stereocenters. The van der Waals surface area contributed by atoms with Crippen molar-refractivity contribution in [3.05, 3.63) is 47.8 Å². The number of amides is 1. The molecule has 1 aliphatic heterocycles. The quantitative estimate of drug-likeness (QED) is 0.496. The Balaban J connectivity index is 1.82. The molecule has 0 radical (unpaired) electrons. The van der Waals surface area contributed by atoms with E-state index in [-0.39, 0.29) is 30.1 Å². The molecule has 178 valence electrons. The largest absolute Gasteiger partial charge is 0.349 e. The van der Waals surface area contributed by atoms with Crippen LogP contribution in [0, 0.1) is 11.8 Å². The number of Topliss-reactive ketones (excluding diaryl/α,β-unsaturated/α-hetero) is 2. The van der Waals surface area contributed by atoms with Gasteiger partial charge in [0.2, 0.25) is 15.8 Å². The zero-order valence-electron chi connectivity index (χ0n) is 18.8. The maximum absolute atomic E-state index is 13.3. The standard InChI is InChI=1S/C23H30N4O5S/c1-15(2)11-20(27-33(31,32)19-8-4-3-5-9-19)21(28)13-16-12-18-14-17(25-26-18)7-6-10-24-23(30)22(16)29/h3-5,8-9,14-16,20,27H,6-7,10-13H2,1-2H3,(H,24,30)(H,25,26). The summed E-state index contributed by atoms with van der Waals surface area (Å²) in [5.41, 5.74) is 1.49. The van der Waals surface area contributed by atoms with Crippen molar-refractivity contribution in [2.24, 2.45) is 11.8 Å². The van der Waals surface area contributed by atoms with Gasteiger partial charge in [0.05, 0.1) is 16.6 Å². The van der Waals surface area contributed by atoms with Gasteiger partial charge in [-0.25, -0.2) is 13.1 Å². The van der Waals surface area contributed by atoms with E-state index in [1.54, 1.807) is 18.2 Å². The van der Waals surface area contributed by atoms with Crippen molar-refractivity contribution in [3.8, 4) is 0 Å². The molecule has 1 aromatic carbocycles. The number of rotatable bonds is 8. The van der Waals surface area contributed by atoms with Crippen LogP contribution in [0.2, 0.25) is 0 Å². The lowest BCUT2D eigenvalue weighted by Gasteiger charge is -2.22. The lowest BCUT2D eigenvalue weighted by molar-refractivity contribution is -0.141. The number of aromatic amines is 1. The number of fused-ring (bicyclic) bond motifs is 2. The van der Waals surface area contributed by atoms with Gasteiger partial charge in [0.25, 0.3) is 5.91 Å². The number of carbonyl (C=O) groups excluding carboxylic acids is 3. The fourth-order valence-corrected chi connectivity index (χ4v) is 5.12. The van der Waals surface area contributed by atoms with E-state index < -0.39 is 39.5 Å². The van der Waals surface area contributed by atoms with Crippen LogP contribution < -0.4 is 10.0 Å². The molecule has 2 bridgehead atoms. The number of carbonyl (C=O) groups is 3. The van der Waals surface area contributed by atoms with E-state index in [2.05, 4.69) is 20.2 Å². The minimum atomic E-state index is -3.93. The minimum Gasteiger partial charge on any atom is -0.349 e. The summed E-state index contributed by atoms with van der Waals surface area (Å²) in [6.07, 6.45) is 1.46. The predicted octanol–water partition coefficient (Wildman–Crippen LogP) is 1.55. The number of nitrogens with zero attached hydrogens (tertiary/aromatic N) is 1. The van der Waals surface area contributed by atoms with Gasteiger partial charge in [-0.3, -0.25) is 19.5 Å². The molecule has 2 heterocycles. The SMILES string of the molecule is CC(C)CC(NS(=O)(=O)c1ccccc1)C(=O)CC1Cc2cc(n[nH]2)CCCNC(=O)C1=O. The van der Waals surface area contributed by atoms with Gasteiger partial charge in [-0.15, -0.1) is 0 Å². The fraction of sp³-hybridized carbons (Fsp3) is 0.478. The number of hydrogen-bond acceptors (Lipinski definition) is 6. The molecule has 0 saturated heterocycles. The highest BCUT2D eigenvalue weighted by atomic mass is 32.2. The van der Waals surface area contributed by atoms with Crippen molar-refractivity contribution >= 4 is 27.5 Å². The first kappa shape index (κ1) is 24.8. The number of ketones is 2. The molecular weight excluding hydrogens is 444 g/mol. The smallest absolute Gasteiger partial charge is 0.287 e. The van der Waals surface area contributed by atoms with E-state index in [9.17, 15) is 22.8 Å². The van der Waals surface area contributed by atoms with Gasteiger partial charge in [0.15, 0.2) is 5.78 Å². The molecule has 1 amide bonds. The van der Waals surface area contributed by atoms with Gasteiger partial charge in [-0.1, -0.05) is 32.0 Å². The molecule has 10 heteroatoms. The lowest BCUT2D eigenvalue weighted by atomic mass is 9.88. The summed E-state index contributed by atoms with van der Waals surface area (Å²) in [6, 6.07) is 8.64. The van der Waals surface area contributed by atoms with E-state index in [4.69, 9.17) is 0 Å². The topological polar surface area (TPSA) is 138 Å². The van der Waals surface area contributed by atoms with Crippen LogP contribution in [0.5, 0.6) is 0 Å². The molecule has 2 atom stereocenters. The van der Waals surface area contributed by atoms with Crippen LogP contribution >= 0.6 is 0 Å². The Hall–Kier alpha value is -2.85. The number of aryl methyl sites for hydroxylation is 1. The Morgan fingerprint density at radius 1 is 1.21 bits per heavy atom. The fourth-order valence-electron chi connectivity index (χ4n) is 3.87. The molecule has 9 nitrogen and oxygen atoms in total. The summed E-state index contributed by atoms with van der Waals surface area (Å²) >= 11 is 0. The summed E-state index contributed by atoms with van der Waals surface area (Å²) in [5, 5.41) is 9.70. The third kappa shape index (κ3) is 6.82. The monoisotopic (exact) mass is 474 g/mol. The van der Waals surface area contributed by atoms with E-state index in [0.29, 0.717) is 25.1 Å². The normalized spacial score (nSPS) is 18.5. The first-order chi connectivity index (χ1) is 15.7. The second-order valence-electron chi connectivity index (χ2n) is 8.80. The Bertz CT molecular complexity index is 1100. The minimum absolute atomic E-state index is 0.0270. The first-order valence-electron chi connectivity index (χ1n) is 11.1. The zero-order valence-corrected chi connectivity index (χ0v) is 19.7. The Labute approximate surface area is 193 Å². The van der Waals surface area contributed by atoms with Crippen LogP contribution in [0.15, 0.2) is 41.3 Å². The molecule has 3 N–H and O–H groups in total. The predicted molar refractivity (Wildman–Crippen MR) is 122 cm³/mol. The van der Waals surface area contributed by atoms with Crippen LogP contribution in [0.25, 0.3) is 0 Å². The van der Waals surface area contributed by atoms with Crippen LogP contribution in [-0.2, 0) is 37.2 Å². The van der Waals surface area contributed by atoms with Gasteiger partial charge in [0.1, 0.15) is 0 Å². The van der Waals surface area contributed by atoms with Crippen LogP contribution in [0.1, 0.15) is 44.5 Å². The summed E-state index contributed by atoms with van der Waals surface area (Å²) < 4.78 is 28.2. The third-order valence-electron chi connectivity index (χ3n) is 5.53. The Morgan fingerprint density at radius 2 is 1.94 bits per heavy atom. The van der Waals surface area contributed by atoms with Gasteiger partial charge in [-0.2, -0.15) is 5.10 Å². The molecule has 1 aliphatic rings. The van der Waals surface area contributed by atoms with Gasteiger partial charge in [-0.05, 0) is 49.8 Å². The second kappa shape index (κ2) is 10.8. The number of H-pyrrole nitrogens is 1. The van der Waals surface area contributed by atoms with Crippen molar-refractivity contribution in [3.63, 3.8) is 0 Å². The highest BCUT2D eigenvalue weighted by Crippen LogP contribution is 2.20.